The molecule has 2 fully saturated rings. The maximum atomic E-state index is 13.0. The molecular formula is C19H24N4O3. The molecule has 2 heterocycles. The van der Waals surface area contributed by atoms with Crippen LogP contribution in [0.15, 0.2) is 29.1 Å². The van der Waals surface area contributed by atoms with E-state index >= 15 is 0 Å². The second kappa shape index (κ2) is 6.46. The van der Waals surface area contributed by atoms with Crippen molar-refractivity contribution >= 4 is 16.8 Å². The van der Waals surface area contributed by atoms with E-state index in [-0.39, 0.29) is 17.4 Å². The zero-order valence-corrected chi connectivity index (χ0v) is 15.0. The van der Waals surface area contributed by atoms with Crippen LogP contribution < -0.4 is 5.56 Å². The molecule has 2 aromatic rings. The molecular weight excluding hydrogens is 332 g/mol. The van der Waals surface area contributed by atoms with Crippen LogP contribution in [0.25, 0.3) is 10.9 Å². The third kappa shape index (κ3) is 2.80. The number of aromatic nitrogens is 3. The highest BCUT2D eigenvalue weighted by molar-refractivity contribution is 5.81. The predicted molar refractivity (Wildman–Crippen MR) is 96.6 cm³/mol. The average Bonchev–Trinajstić information content (AvgIpc) is 2.66. The van der Waals surface area contributed by atoms with Crippen molar-refractivity contribution < 1.29 is 9.90 Å². The maximum Gasteiger partial charge on any atom is 0.278 e. The van der Waals surface area contributed by atoms with E-state index in [9.17, 15) is 14.7 Å². The van der Waals surface area contributed by atoms with Crippen LogP contribution in [0.1, 0.15) is 45.1 Å². The number of fused-ring (bicyclic) bond motifs is 2. The van der Waals surface area contributed by atoms with Crippen LogP contribution in [0.4, 0.5) is 0 Å². The molecule has 1 aliphatic carbocycles. The van der Waals surface area contributed by atoms with Crippen molar-refractivity contribution in [3.63, 3.8) is 0 Å². The summed E-state index contributed by atoms with van der Waals surface area (Å²) in [5, 5.41) is 19.3. The van der Waals surface area contributed by atoms with E-state index in [0.717, 1.165) is 25.7 Å². The van der Waals surface area contributed by atoms with Crippen LogP contribution in [0.2, 0.25) is 0 Å². The summed E-state index contributed by atoms with van der Waals surface area (Å²) in [5.74, 6) is -0.00938. The fourth-order valence-electron chi connectivity index (χ4n) is 4.40. The largest absolute Gasteiger partial charge is 0.389 e. The van der Waals surface area contributed by atoms with Crippen molar-refractivity contribution in [3.05, 3.63) is 34.6 Å². The lowest BCUT2D eigenvalue weighted by molar-refractivity contribution is -0.146. The molecule has 138 valence electrons. The van der Waals surface area contributed by atoms with Crippen molar-refractivity contribution in [2.24, 2.45) is 5.92 Å². The first kappa shape index (κ1) is 17.1. The summed E-state index contributed by atoms with van der Waals surface area (Å²) in [6, 6.07) is 6.29. The van der Waals surface area contributed by atoms with Gasteiger partial charge in [0.05, 0.1) is 11.0 Å². The predicted octanol–water partition coefficient (Wildman–Crippen LogP) is 1.51. The third-order valence-electron chi connectivity index (χ3n) is 6.05. The van der Waals surface area contributed by atoms with E-state index in [0.29, 0.717) is 30.4 Å². The summed E-state index contributed by atoms with van der Waals surface area (Å²) in [6.07, 6.45) is 4.53. The molecule has 0 bridgehead atoms. The Bertz CT molecular complexity index is 896. The van der Waals surface area contributed by atoms with Crippen molar-refractivity contribution in [2.75, 3.05) is 13.1 Å². The number of carbonyl (C=O) groups is 1. The minimum atomic E-state index is -0.714. The molecule has 0 spiro atoms. The Hall–Kier alpha value is -2.28. The number of likely N-dealkylation sites (tertiary alicyclic amines) is 1. The van der Waals surface area contributed by atoms with E-state index in [1.165, 1.54) is 4.68 Å². The van der Waals surface area contributed by atoms with E-state index < -0.39 is 11.6 Å². The number of aliphatic hydroxyl groups is 1. The summed E-state index contributed by atoms with van der Waals surface area (Å²) in [5.41, 5.74) is -0.404. The van der Waals surface area contributed by atoms with Crippen LogP contribution in [-0.4, -0.2) is 49.6 Å². The number of nitrogens with zero attached hydrogens (tertiary/aromatic N) is 4. The average molecular weight is 356 g/mol. The van der Waals surface area contributed by atoms with Gasteiger partial charge >= 0.3 is 0 Å². The number of amides is 1. The van der Waals surface area contributed by atoms with Gasteiger partial charge in [-0.2, -0.15) is 4.68 Å². The number of benzene rings is 1. The van der Waals surface area contributed by atoms with Gasteiger partial charge in [0.15, 0.2) is 0 Å². The van der Waals surface area contributed by atoms with Gasteiger partial charge in [-0.15, -0.1) is 5.10 Å². The van der Waals surface area contributed by atoms with Crippen LogP contribution in [0, 0.1) is 5.92 Å². The van der Waals surface area contributed by atoms with Gasteiger partial charge in [0.2, 0.25) is 5.91 Å². The molecule has 1 saturated carbocycles. The molecule has 7 heteroatoms. The van der Waals surface area contributed by atoms with Crippen molar-refractivity contribution in [1.82, 2.24) is 19.9 Å². The molecule has 1 aromatic carbocycles. The second-order valence-electron chi connectivity index (χ2n) is 7.61. The lowest BCUT2D eigenvalue weighted by atomic mass is 9.71. The summed E-state index contributed by atoms with van der Waals surface area (Å²) in [4.78, 5) is 27.4. The minimum absolute atomic E-state index is 0.126. The topological polar surface area (TPSA) is 88.3 Å². The van der Waals surface area contributed by atoms with Crippen LogP contribution >= 0.6 is 0 Å². The molecule has 1 aromatic heterocycles. The van der Waals surface area contributed by atoms with Crippen LogP contribution in [0.5, 0.6) is 0 Å². The third-order valence-corrected chi connectivity index (χ3v) is 6.05. The van der Waals surface area contributed by atoms with Gasteiger partial charge in [0.1, 0.15) is 11.6 Å². The minimum Gasteiger partial charge on any atom is -0.389 e. The van der Waals surface area contributed by atoms with Gasteiger partial charge in [0.25, 0.3) is 5.56 Å². The quantitative estimate of drug-likeness (QED) is 0.881. The highest BCUT2D eigenvalue weighted by Gasteiger charge is 2.44. The molecule has 1 N–H and O–H groups in total. The number of hydrogen-bond donors (Lipinski definition) is 1. The summed E-state index contributed by atoms with van der Waals surface area (Å²) in [6.45, 7) is 2.76. The van der Waals surface area contributed by atoms with E-state index in [2.05, 4.69) is 10.3 Å². The molecule has 1 amide bonds. The molecule has 7 nitrogen and oxygen atoms in total. The van der Waals surface area contributed by atoms with Crippen molar-refractivity contribution in [1.29, 1.82) is 0 Å². The Balaban J connectivity index is 1.57. The lowest BCUT2D eigenvalue weighted by Gasteiger charge is -2.47. The van der Waals surface area contributed by atoms with Gasteiger partial charge in [0, 0.05) is 19.0 Å². The number of carbonyl (C=O) groups excluding carboxylic acids is 1. The first-order chi connectivity index (χ1) is 12.5. The monoisotopic (exact) mass is 356 g/mol. The molecule has 26 heavy (non-hydrogen) atoms. The van der Waals surface area contributed by atoms with Crippen molar-refractivity contribution in [2.45, 2.75) is 50.7 Å². The van der Waals surface area contributed by atoms with Gasteiger partial charge in [-0.05, 0) is 38.3 Å². The van der Waals surface area contributed by atoms with E-state index in [1.54, 1.807) is 36.1 Å². The Morgan fingerprint density at radius 3 is 2.96 bits per heavy atom. The number of piperidine rings is 1. The standard InChI is InChI=1S/C19H24N4O3/c1-13(23-18(25)15-7-2-3-8-16(15)20-21-23)17(24)22-11-10-19(26)9-5-4-6-14(19)12-22/h2-3,7-8,13-14,26H,4-6,9-12H2,1H3/t13-,14+,19-/m1/s1. The molecule has 3 atom stereocenters. The molecule has 0 radical (unpaired) electrons. The fraction of sp³-hybridized carbons (Fsp3) is 0.579. The zero-order valence-electron chi connectivity index (χ0n) is 15.0. The molecule has 2 aliphatic rings. The number of rotatable bonds is 2. The zero-order chi connectivity index (χ0) is 18.3. The van der Waals surface area contributed by atoms with Crippen LogP contribution in [0.3, 0.4) is 0 Å². The molecule has 0 unspecified atom stereocenters. The van der Waals surface area contributed by atoms with Gasteiger partial charge in [-0.3, -0.25) is 9.59 Å². The van der Waals surface area contributed by atoms with Crippen LogP contribution in [-0.2, 0) is 4.79 Å². The van der Waals surface area contributed by atoms with E-state index in [4.69, 9.17) is 0 Å². The molecule has 1 aliphatic heterocycles. The second-order valence-corrected chi connectivity index (χ2v) is 7.61. The van der Waals surface area contributed by atoms with Crippen molar-refractivity contribution in [3.8, 4) is 0 Å². The smallest absolute Gasteiger partial charge is 0.278 e. The summed E-state index contributed by atoms with van der Waals surface area (Å²) in [7, 11) is 0. The summed E-state index contributed by atoms with van der Waals surface area (Å²) < 4.78 is 1.17. The summed E-state index contributed by atoms with van der Waals surface area (Å²) >= 11 is 0. The van der Waals surface area contributed by atoms with Gasteiger partial charge < -0.3 is 10.0 Å². The Morgan fingerprint density at radius 1 is 1.31 bits per heavy atom. The Labute approximate surface area is 151 Å². The SMILES string of the molecule is C[C@H](C(=O)N1CC[C@]2(O)CCCC[C@H]2C1)n1nnc2ccccc2c1=O. The van der Waals surface area contributed by atoms with E-state index in [1.807, 2.05) is 0 Å². The highest BCUT2D eigenvalue weighted by atomic mass is 16.3. The molecule has 4 rings (SSSR count). The Kier molecular flexibility index (Phi) is 4.26. The van der Waals surface area contributed by atoms with Gasteiger partial charge in [-0.25, -0.2) is 0 Å². The lowest BCUT2D eigenvalue weighted by Crippen LogP contribution is -2.55. The highest BCUT2D eigenvalue weighted by Crippen LogP contribution is 2.40. The maximum absolute atomic E-state index is 13.0. The normalized spacial score (nSPS) is 27.2. The fourth-order valence-corrected chi connectivity index (χ4v) is 4.40. The first-order valence-electron chi connectivity index (χ1n) is 9.35. The number of hydrogen-bond acceptors (Lipinski definition) is 5. The Morgan fingerprint density at radius 2 is 2.12 bits per heavy atom. The first-order valence-corrected chi connectivity index (χ1v) is 9.35. The molecule has 1 saturated heterocycles. The van der Waals surface area contributed by atoms with Gasteiger partial charge in [-0.1, -0.05) is 30.2 Å².